The number of carbonyl (C=O) groups is 1. The molecular weight excluding hydrogens is 324 g/mol. The van der Waals surface area contributed by atoms with Gasteiger partial charge in [0, 0.05) is 17.3 Å². The number of carbonyl (C=O) groups excluding carboxylic acids is 1. The van der Waals surface area contributed by atoms with E-state index in [-0.39, 0.29) is 16.8 Å². The quantitative estimate of drug-likeness (QED) is 0.842. The van der Waals surface area contributed by atoms with Gasteiger partial charge in [-0.2, -0.15) is 0 Å². The van der Waals surface area contributed by atoms with Crippen LogP contribution in [0.4, 0.5) is 5.69 Å². The molecule has 0 fully saturated rings. The van der Waals surface area contributed by atoms with Crippen LogP contribution >= 0.6 is 0 Å². The smallest absolute Gasteiger partial charge is 0.255 e. The minimum atomic E-state index is -3.56. The zero-order valence-corrected chi connectivity index (χ0v) is 14.9. The second-order valence-electron chi connectivity index (χ2n) is 5.78. The molecule has 24 heavy (non-hydrogen) atoms. The van der Waals surface area contributed by atoms with Crippen LogP contribution in [-0.4, -0.2) is 20.4 Å². The number of hydrogen-bond donors (Lipinski definition) is 2. The largest absolute Gasteiger partial charge is 0.322 e. The maximum absolute atomic E-state index is 12.2. The summed E-state index contributed by atoms with van der Waals surface area (Å²) in [6.07, 6.45) is 0.705. The summed E-state index contributed by atoms with van der Waals surface area (Å²) in [5.74, 6) is -0.278. The molecule has 6 heteroatoms. The summed E-state index contributed by atoms with van der Waals surface area (Å²) in [5.41, 5.74) is 2.15. The van der Waals surface area contributed by atoms with E-state index in [4.69, 9.17) is 0 Å². The molecular formula is C18H22N2O3S. The van der Waals surface area contributed by atoms with Crippen molar-refractivity contribution in [3.8, 4) is 0 Å². The van der Waals surface area contributed by atoms with Crippen molar-refractivity contribution in [3.63, 3.8) is 0 Å². The van der Waals surface area contributed by atoms with Gasteiger partial charge in [-0.15, -0.1) is 0 Å². The maximum Gasteiger partial charge on any atom is 0.255 e. The molecule has 0 aliphatic rings. The molecule has 0 aliphatic carbocycles. The Balaban J connectivity index is 2.12. The summed E-state index contributed by atoms with van der Waals surface area (Å²) in [4.78, 5) is 12.4. The number of sulfonamides is 1. The lowest BCUT2D eigenvalue weighted by Crippen LogP contribution is -2.32. The van der Waals surface area contributed by atoms with Crippen LogP contribution in [-0.2, 0) is 10.0 Å². The average molecular weight is 346 g/mol. The predicted octanol–water partition coefficient (Wildman–Crippen LogP) is 3.32. The van der Waals surface area contributed by atoms with Gasteiger partial charge in [-0.25, -0.2) is 13.1 Å². The minimum absolute atomic E-state index is 0.140. The molecule has 2 N–H and O–H groups in total. The molecule has 2 aromatic rings. The van der Waals surface area contributed by atoms with Gasteiger partial charge in [0.05, 0.1) is 4.90 Å². The molecule has 1 amide bonds. The van der Waals surface area contributed by atoms with E-state index in [2.05, 4.69) is 10.0 Å². The Morgan fingerprint density at radius 2 is 1.79 bits per heavy atom. The van der Waals surface area contributed by atoms with Gasteiger partial charge in [0.1, 0.15) is 0 Å². The van der Waals surface area contributed by atoms with E-state index in [0.717, 1.165) is 5.56 Å². The van der Waals surface area contributed by atoms with E-state index in [0.29, 0.717) is 17.7 Å². The standard InChI is InChI=1S/C18H22N2O3S/c1-4-14(3)20-24(22,23)17-10-8-15(9-11-17)18(21)19-16-7-5-6-13(2)12-16/h5-12,14,20H,4H2,1-3H3,(H,19,21)/t14-/m0/s1. The predicted molar refractivity (Wildman–Crippen MR) is 95.6 cm³/mol. The Hall–Kier alpha value is -2.18. The van der Waals surface area contributed by atoms with E-state index in [1.807, 2.05) is 32.0 Å². The molecule has 0 unspecified atom stereocenters. The molecule has 0 saturated heterocycles. The van der Waals surface area contributed by atoms with Crippen molar-refractivity contribution in [2.45, 2.75) is 38.1 Å². The first-order valence-electron chi connectivity index (χ1n) is 7.82. The zero-order chi connectivity index (χ0) is 17.7. The van der Waals surface area contributed by atoms with E-state index in [1.165, 1.54) is 24.3 Å². The third-order valence-electron chi connectivity index (χ3n) is 3.67. The summed E-state index contributed by atoms with van der Waals surface area (Å²) in [5, 5.41) is 2.79. The fourth-order valence-corrected chi connectivity index (χ4v) is 3.45. The van der Waals surface area contributed by atoms with Gasteiger partial charge < -0.3 is 5.32 Å². The molecule has 0 aliphatic heterocycles. The van der Waals surface area contributed by atoms with E-state index in [1.54, 1.807) is 13.0 Å². The number of anilines is 1. The normalized spacial score (nSPS) is 12.6. The number of aryl methyl sites for hydroxylation is 1. The molecule has 1 atom stereocenters. The molecule has 0 spiro atoms. The van der Waals surface area contributed by atoms with Gasteiger partial charge in [-0.3, -0.25) is 4.79 Å². The van der Waals surface area contributed by atoms with Gasteiger partial charge >= 0.3 is 0 Å². The summed E-state index contributed by atoms with van der Waals surface area (Å²) in [7, 11) is -3.56. The third-order valence-corrected chi connectivity index (χ3v) is 5.28. The first-order valence-corrected chi connectivity index (χ1v) is 9.30. The number of rotatable bonds is 6. The second kappa shape index (κ2) is 7.59. The highest BCUT2D eigenvalue weighted by molar-refractivity contribution is 7.89. The first kappa shape index (κ1) is 18.2. The lowest BCUT2D eigenvalue weighted by Gasteiger charge is -2.12. The van der Waals surface area contributed by atoms with Crippen LogP contribution in [0.3, 0.4) is 0 Å². The van der Waals surface area contributed by atoms with Crippen molar-refractivity contribution < 1.29 is 13.2 Å². The summed E-state index contributed by atoms with van der Waals surface area (Å²) in [6, 6.07) is 13.2. The van der Waals surface area contributed by atoms with Gasteiger partial charge in [-0.05, 0) is 62.2 Å². The molecule has 2 aromatic carbocycles. The van der Waals surface area contributed by atoms with Crippen LogP contribution in [0.15, 0.2) is 53.4 Å². The van der Waals surface area contributed by atoms with Crippen molar-refractivity contribution in [1.82, 2.24) is 4.72 Å². The second-order valence-corrected chi connectivity index (χ2v) is 7.49. The van der Waals surface area contributed by atoms with Crippen molar-refractivity contribution in [3.05, 3.63) is 59.7 Å². The number of benzene rings is 2. The van der Waals surface area contributed by atoms with Crippen molar-refractivity contribution >= 4 is 21.6 Å². The van der Waals surface area contributed by atoms with E-state index < -0.39 is 10.0 Å². The molecule has 2 rings (SSSR count). The van der Waals surface area contributed by atoms with Gasteiger partial charge in [0.2, 0.25) is 10.0 Å². The van der Waals surface area contributed by atoms with Crippen LogP contribution in [0.5, 0.6) is 0 Å². The Morgan fingerprint density at radius 3 is 2.38 bits per heavy atom. The van der Waals surface area contributed by atoms with E-state index >= 15 is 0 Å². The molecule has 0 bridgehead atoms. The fourth-order valence-electron chi connectivity index (χ4n) is 2.13. The molecule has 5 nitrogen and oxygen atoms in total. The van der Waals surface area contributed by atoms with Gasteiger partial charge in [0.15, 0.2) is 0 Å². The first-order chi connectivity index (χ1) is 11.3. The van der Waals surface area contributed by atoms with Crippen LogP contribution in [0.2, 0.25) is 0 Å². The van der Waals surface area contributed by atoms with Crippen LogP contribution in [0.25, 0.3) is 0 Å². The minimum Gasteiger partial charge on any atom is -0.322 e. The topological polar surface area (TPSA) is 75.3 Å². The van der Waals surface area contributed by atoms with Crippen LogP contribution < -0.4 is 10.0 Å². The van der Waals surface area contributed by atoms with Crippen molar-refractivity contribution in [1.29, 1.82) is 0 Å². The number of amides is 1. The Kier molecular flexibility index (Phi) is 5.75. The molecule has 128 valence electrons. The van der Waals surface area contributed by atoms with Crippen LogP contribution in [0.1, 0.15) is 36.2 Å². The zero-order valence-electron chi connectivity index (χ0n) is 14.0. The maximum atomic E-state index is 12.2. The van der Waals surface area contributed by atoms with Gasteiger partial charge in [0.25, 0.3) is 5.91 Å². The Bertz CT molecular complexity index is 814. The molecule has 0 aromatic heterocycles. The monoisotopic (exact) mass is 346 g/mol. The summed E-state index contributed by atoms with van der Waals surface area (Å²) < 4.78 is 27.0. The van der Waals surface area contributed by atoms with Crippen LogP contribution in [0, 0.1) is 6.92 Å². The molecule has 0 heterocycles. The average Bonchev–Trinajstić information content (AvgIpc) is 2.54. The SMILES string of the molecule is CC[C@H](C)NS(=O)(=O)c1ccc(C(=O)Nc2cccc(C)c2)cc1. The van der Waals surface area contributed by atoms with Crippen molar-refractivity contribution in [2.24, 2.45) is 0 Å². The summed E-state index contributed by atoms with van der Waals surface area (Å²) >= 11 is 0. The van der Waals surface area contributed by atoms with E-state index in [9.17, 15) is 13.2 Å². The third kappa shape index (κ3) is 4.66. The highest BCUT2D eigenvalue weighted by Gasteiger charge is 2.17. The van der Waals surface area contributed by atoms with Crippen molar-refractivity contribution in [2.75, 3.05) is 5.32 Å². The highest BCUT2D eigenvalue weighted by Crippen LogP contribution is 2.14. The lowest BCUT2D eigenvalue weighted by atomic mass is 10.2. The fraction of sp³-hybridized carbons (Fsp3) is 0.278. The summed E-state index contributed by atoms with van der Waals surface area (Å²) in [6.45, 7) is 5.66. The van der Waals surface area contributed by atoms with Gasteiger partial charge in [-0.1, -0.05) is 19.1 Å². The highest BCUT2D eigenvalue weighted by atomic mass is 32.2. The Morgan fingerprint density at radius 1 is 1.12 bits per heavy atom. The lowest BCUT2D eigenvalue weighted by molar-refractivity contribution is 0.102. The molecule has 0 radical (unpaired) electrons. The number of hydrogen-bond acceptors (Lipinski definition) is 3. The molecule has 0 saturated carbocycles. The Labute approximate surface area is 143 Å². The number of nitrogens with one attached hydrogen (secondary N) is 2.